The zero-order valence-corrected chi connectivity index (χ0v) is 13.1. The summed E-state index contributed by atoms with van der Waals surface area (Å²) in [7, 11) is 0. The summed E-state index contributed by atoms with van der Waals surface area (Å²) in [5.41, 5.74) is 3.15. The minimum Gasteiger partial charge on any atom is -0.348 e. The van der Waals surface area contributed by atoms with Gasteiger partial charge in [0.1, 0.15) is 0 Å². The minimum absolute atomic E-state index is 0.107. The first-order valence-electron chi connectivity index (χ1n) is 6.83. The van der Waals surface area contributed by atoms with Crippen LogP contribution in [-0.4, -0.2) is 9.97 Å². The first-order valence-corrected chi connectivity index (χ1v) is 7.21. The number of rotatable bonds is 4. The Morgan fingerprint density at radius 1 is 1.10 bits per heavy atom. The summed E-state index contributed by atoms with van der Waals surface area (Å²) in [6.45, 7) is 8.33. The molecule has 1 atom stereocenters. The molecule has 0 aliphatic rings. The highest BCUT2D eigenvalue weighted by molar-refractivity contribution is 6.30. The van der Waals surface area contributed by atoms with Crippen molar-refractivity contribution in [2.24, 2.45) is 0 Å². The summed E-state index contributed by atoms with van der Waals surface area (Å²) in [4.78, 5) is 9.01. The van der Waals surface area contributed by atoms with E-state index in [4.69, 9.17) is 11.6 Å². The van der Waals surface area contributed by atoms with Crippen molar-refractivity contribution in [3.63, 3.8) is 0 Å². The molecule has 2 rings (SSSR count). The largest absolute Gasteiger partial charge is 0.348 e. The first kappa shape index (κ1) is 14.8. The number of nitrogens with one attached hydrogen (secondary N) is 1. The summed E-state index contributed by atoms with van der Waals surface area (Å²) in [6.07, 6.45) is 0. The van der Waals surface area contributed by atoms with Crippen LogP contribution in [0, 0.1) is 6.92 Å². The Bertz CT molecular complexity index is 596. The van der Waals surface area contributed by atoms with Crippen LogP contribution < -0.4 is 5.32 Å². The predicted octanol–water partition coefficient (Wildman–Crippen LogP) is 4.73. The number of hydrogen-bond donors (Lipinski definition) is 1. The number of hydrogen-bond acceptors (Lipinski definition) is 3. The van der Waals surface area contributed by atoms with Crippen LogP contribution in [0.2, 0.25) is 5.02 Å². The molecule has 20 heavy (non-hydrogen) atoms. The highest BCUT2D eigenvalue weighted by atomic mass is 35.5. The highest BCUT2D eigenvalue weighted by Gasteiger charge is 2.10. The molecule has 0 amide bonds. The van der Waals surface area contributed by atoms with Gasteiger partial charge in [0.2, 0.25) is 5.95 Å². The summed E-state index contributed by atoms with van der Waals surface area (Å²) < 4.78 is 0. The van der Waals surface area contributed by atoms with E-state index in [0.29, 0.717) is 11.9 Å². The molecule has 0 saturated heterocycles. The second kappa shape index (κ2) is 6.23. The first-order chi connectivity index (χ1) is 9.45. The monoisotopic (exact) mass is 289 g/mol. The maximum absolute atomic E-state index is 6.02. The third kappa shape index (κ3) is 3.70. The summed E-state index contributed by atoms with van der Waals surface area (Å²) in [5.74, 6) is 1.06. The van der Waals surface area contributed by atoms with Gasteiger partial charge in [0.15, 0.2) is 0 Å². The van der Waals surface area contributed by atoms with Gasteiger partial charge < -0.3 is 5.32 Å². The van der Waals surface area contributed by atoms with Crippen molar-refractivity contribution in [2.45, 2.75) is 39.7 Å². The van der Waals surface area contributed by atoms with Crippen molar-refractivity contribution < 1.29 is 0 Å². The number of benzene rings is 1. The predicted molar refractivity (Wildman–Crippen MR) is 84.3 cm³/mol. The van der Waals surface area contributed by atoms with Crippen molar-refractivity contribution in [3.05, 3.63) is 52.3 Å². The highest BCUT2D eigenvalue weighted by Crippen LogP contribution is 2.21. The smallest absolute Gasteiger partial charge is 0.223 e. The van der Waals surface area contributed by atoms with Crippen LogP contribution in [-0.2, 0) is 0 Å². The van der Waals surface area contributed by atoms with E-state index in [1.807, 2.05) is 37.3 Å². The van der Waals surface area contributed by atoms with Crippen LogP contribution in [0.4, 0.5) is 5.95 Å². The number of aromatic nitrogens is 2. The molecule has 3 nitrogen and oxygen atoms in total. The van der Waals surface area contributed by atoms with Crippen LogP contribution in [0.25, 0.3) is 0 Å². The standard InChI is InChI=1S/C16H20ClN3/c1-10(2)15-8-11(3)18-16(20-15)19-12(4)13-6-5-7-14(17)9-13/h5-10,12H,1-4H3,(H,18,19,20). The molecule has 1 aromatic carbocycles. The van der Waals surface area contributed by atoms with E-state index >= 15 is 0 Å². The van der Waals surface area contributed by atoms with E-state index in [9.17, 15) is 0 Å². The second-order valence-corrected chi connectivity index (χ2v) is 5.77. The summed E-state index contributed by atoms with van der Waals surface area (Å²) in [5, 5.41) is 4.08. The number of aryl methyl sites for hydroxylation is 1. The Labute approximate surface area is 125 Å². The molecule has 1 aromatic heterocycles. The van der Waals surface area contributed by atoms with Crippen LogP contribution in [0.3, 0.4) is 0 Å². The van der Waals surface area contributed by atoms with E-state index in [1.54, 1.807) is 0 Å². The van der Waals surface area contributed by atoms with Crippen molar-refractivity contribution in [1.82, 2.24) is 9.97 Å². The average molecular weight is 290 g/mol. The van der Waals surface area contributed by atoms with E-state index < -0.39 is 0 Å². The van der Waals surface area contributed by atoms with Gasteiger partial charge in [-0.3, -0.25) is 0 Å². The zero-order valence-electron chi connectivity index (χ0n) is 12.3. The Hall–Kier alpha value is -1.61. The summed E-state index contributed by atoms with van der Waals surface area (Å²) in [6, 6.07) is 9.96. The Morgan fingerprint density at radius 3 is 2.50 bits per heavy atom. The molecule has 106 valence electrons. The number of nitrogens with zero attached hydrogens (tertiary/aromatic N) is 2. The van der Waals surface area contributed by atoms with Gasteiger partial charge in [-0.25, -0.2) is 9.97 Å². The van der Waals surface area contributed by atoms with Gasteiger partial charge in [0.25, 0.3) is 0 Å². The van der Waals surface area contributed by atoms with Gasteiger partial charge in [-0.2, -0.15) is 0 Å². The molecule has 1 N–H and O–H groups in total. The molecule has 0 radical (unpaired) electrons. The van der Waals surface area contributed by atoms with Gasteiger partial charge in [-0.1, -0.05) is 37.6 Å². The third-order valence-electron chi connectivity index (χ3n) is 3.16. The zero-order chi connectivity index (χ0) is 14.7. The molecule has 0 saturated carbocycles. The molecular formula is C16H20ClN3. The van der Waals surface area contributed by atoms with Crippen molar-refractivity contribution in [1.29, 1.82) is 0 Å². The Balaban J connectivity index is 2.21. The van der Waals surface area contributed by atoms with Crippen molar-refractivity contribution in [2.75, 3.05) is 5.32 Å². The lowest BCUT2D eigenvalue weighted by Gasteiger charge is -2.16. The quantitative estimate of drug-likeness (QED) is 0.884. The lowest BCUT2D eigenvalue weighted by atomic mass is 10.1. The molecule has 0 aliphatic carbocycles. The van der Waals surface area contributed by atoms with Crippen LogP contribution in [0.15, 0.2) is 30.3 Å². The fourth-order valence-corrected chi connectivity index (χ4v) is 2.20. The fourth-order valence-electron chi connectivity index (χ4n) is 2.01. The average Bonchev–Trinajstić information content (AvgIpc) is 2.37. The number of halogens is 1. The minimum atomic E-state index is 0.107. The lowest BCUT2D eigenvalue weighted by molar-refractivity contribution is 0.794. The Morgan fingerprint density at radius 2 is 1.85 bits per heavy atom. The molecule has 1 unspecified atom stereocenters. The molecule has 0 aliphatic heterocycles. The molecule has 0 fully saturated rings. The second-order valence-electron chi connectivity index (χ2n) is 5.33. The van der Waals surface area contributed by atoms with Gasteiger partial charge in [-0.15, -0.1) is 0 Å². The molecule has 2 aromatic rings. The van der Waals surface area contributed by atoms with Gasteiger partial charge >= 0.3 is 0 Å². The third-order valence-corrected chi connectivity index (χ3v) is 3.39. The SMILES string of the molecule is Cc1cc(C(C)C)nc(NC(C)c2cccc(Cl)c2)n1. The fraction of sp³-hybridized carbons (Fsp3) is 0.375. The van der Waals surface area contributed by atoms with Crippen LogP contribution in [0.5, 0.6) is 0 Å². The lowest BCUT2D eigenvalue weighted by Crippen LogP contribution is -2.11. The molecule has 4 heteroatoms. The normalized spacial score (nSPS) is 12.5. The van der Waals surface area contributed by atoms with Gasteiger partial charge in [-0.05, 0) is 43.5 Å². The van der Waals surface area contributed by atoms with E-state index in [1.165, 1.54) is 0 Å². The van der Waals surface area contributed by atoms with Gasteiger partial charge in [0, 0.05) is 16.4 Å². The molecule has 0 spiro atoms. The molecule has 1 heterocycles. The molecule has 0 bridgehead atoms. The molecular weight excluding hydrogens is 270 g/mol. The van der Waals surface area contributed by atoms with E-state index in [0.717, 1.165) is 22.0 Å². The maximum Gasteiger partial charge on any atom is 0.223 e. The van der Waals surface area contributed by atoms with E-state index in [2.05, 4.69) is 36.1 Å². The topological polar surface area (TPSA) is 37.8 Å². The maximum atomic E-state index is 6.02. The number of anilines is 1. The summed E-state index contributed by atoms with van der Waals surface area (Å²) >= 11 is 6.02. The van der Waals surface area contributed by atoms with Crippen LogP contribution in [0.1, 0.15) is 49.7 Å². The van der Waals surface area contributed by atoms with Gasteiger partial charge in [0.05, 0.1) is 6.04 Å². The Kier molecular flexibility index (Phi) is 4.61. The van der Waals surface area contributed by atoms with E-state index in [-0.39, 0.29) is 6.04 Å². The van der Waals surface area contributed by atoms with Crippen molar-refractivity contribution in [3.8, 4) is 0 Å². The van der Waals surface area contributed by atoms with Crippen LogP contribution >= 0.6 is 11.6 Å². The van der Waals surface area contributed by atoms with Crippen molar-refractivity contribution >= 4 is 17.5 Å².